The molecule has 6 aromatic rings. The predicted octanol–water partition coefficient (Wildman–Crippen LogP) is 3.24. The molecule has 0 aliphatic rings. The van der Waals surface area contributed by atoms with E-state index in [4.69, 9.17) is 0 Å². The molecule has 0 amide bonds. The number of rotatable bonds is 2. The first-order chi connectivity index (χ1) is 16.3. The van der Waals surface area contributed by atoms with Crippen LogP contribution < -0.4 is 34.0 Å². The van der Waals surface area contributed by atoms with E-state index in [1.54, 1.807) is 0 Å². The molecule has 36 heavy (non-hydrogen) atoms. The second-order valence-corrected chi connectivity index (χ2v) is 8.98. The average Bonchev–Trinajstić information content (AvgIpc) is 3.51. The molecule has 0 saturated carbocycles. The van der Waals surface area contributed by atoms with Gasteiger partial charge in [-0.2, -0.15) is 0 Å². The fourth-order valence-electron chi connectivity index (χ4n) is 3.90. The van der Waals surface area contributed by atoms with E-state index >= 15 is 0 Å². The molecule has 0 nitrogen and oxygen atoms in total. The van der Waals surface area contributed by atoms with Crippen LogP contribution in [0.4, 0.5) is 0 Å². The molecule has 6 rings (SSSR count). The standard InChI is InChI=1S/2C15H11.C2H6Si.2BrH.Zr/c2*1-2-6-12(7-3-1)15-10-13-8-4-5-9-14(13)11-15;1-3-2;;;/h2*1-11H;1-2H3;2*1H;/q2*-1;;;;+4/p-2. The molecule has 2 radical (unpaired) electrons. The molecular weight excluding hydrogens is 663 g/mol. The fraction of sp³-hybridized carbons (Fsp3) is 0.0625. The summed E-state index contributed by atoms with van der Waals surface area (Å²) in [4.78, 5) is 0. The van der Waals surface area contributed by atoms with Crippen LogP contribution in [0.1, 0.15) is 0 Å². The molecule has 0 aliphatic heterocycles. The summed E-state index contributed by atoms with van der Waals surface area (Å²) in [6.07, 6.45) is 0. The van der Waals surface area contributed by atoms with Crippen molar-refractivity contribution in [1.82, 2.24) is 0 Å². The summed E-state index contributed by atoms with van der Waals surface area (Å²) in [5.74, 6) is 0. The average molecular weight is 692 g/mol. The van der Waals surface area contributed by atoms with Crippen molar-refractivity contribution < 1.29 is 60.2 Å². The summed E-state index contributed by atoms with van der Waals surface area (Å²) in [5.41, 5.74) is 5.18. The van der Waals surface area contributed by atoms with Crippen molar-refractivity contribution in [2.75, 3.05) is 0 Å². The van der Waals surface area contributed by atoms with Crippen molar-refractivity contribution in [1.29, 1.82) is 0 Å². The zero-order chi connectivity index (χ0) is 22.9. The van der Waals surface area contributed by atoms with Gasteiger partial charge in [-0.25, -0.2) is 0 Å². The number of benzene rings is 4. The minimum absolute atomic E-state index is 0. The zero-order valence-corrected chi connectivity index (χ0v) is 27.1. The van der Waals surface area contributed by atoms with Gasteiger partial charge in [-0.3, -0.25) is 0 Å². The van der Waals surface area contributed by atoms with Gasteiger partial charge in [0, 0.05) is 9.52 Å². The van der Waals surface area contributed by atoms with E-state index in [9.17, 15) is 0 Å². The van der Waals surface area contributed by atoms with Crippen LogP contribution in [-0.2, 0) is 26.2 Å². The molecule has 178 valence electrons. The van der Waals surface area contributed by atoms with E-state index in [0.29, 0.717) is 0 Å². The molecule has 6 aromatic carbocycles. The van der Waals surface area contributed by atoms with Gasteiger partial charge in [0.2, 0.25) is 0 Å². The smallest absolute Gasteiger partial charge is 1.00 e. The Balaban J connectivity index is 0.000000302. The summed E-state index contributed by atoms with van der Waals surface area (Å²) in [7, 11) is 1.08. The van der Waals surface area contributed by atoms with Crippen molar-refractivity contribution in [3.05, 3.63) is 133 Å². The van der Waals surface area contributed by atoms with Gasteiger partial charge in [-0.05, 0) is 0 Å². The third-order valence-corrected chi connectivity index (χ3v) is 5.45. The van der Waals surface area contributed by atoms with Crippen molar-refractivity contribution in [3.63, 3.8) is 0 Å². The normalized spacial score (nSPS) is 9.39. The van der Waals surface area contributed by atoms with Crippen LogP contribution in [0.2, 0.25) is 13.1 Å². The van der Waals surface area contributed by atoms with Gasteiger partial charge < -0.3 is 34.0 Å². The predicted molar refractivity (Wildman–Crippen MR) is 147 cm³/mol. The first-order valence-electron chi connectivity index (χ1n) is 11.3. The Bertz CT molecular complexity index is 1230. The quantitative estimate of drug-likeness (QED) is 0.194. The molecule has 0 spiro atoms. The molecule has 0 aliphatic carbocycles. The van der Waals surface area contributed by atoms with E-state index in [-0.39, 0.29) is 60.2 Å². The molecular formula is C32H28Br2SiZr. The van der Waals surface area contributed by atoms with Gasteiger partial charge in [0.15, 0.2) is 0 Å². The van der Waals surface area contributed by atoms with Crippen LogP contribution >= 0.6 is 0 Å². The maximum atomic E-state index is 2.24. The minimum atomic E-state index is 0. The third kappa shape index (κ3) is 8.63. The van der Waals surface area contributed by atoms with Crippen LogP contribution in [0.5, 0.6) is 0 Å². The van der Waals surface area contributed by atoms with Gasteiger partial charge in [0.1, 0.15) is 0 Å². The Morgan fingerprint density at radius 3 is 1.11 bits per heavy atom. The van der Waals surface area contributed by atoms with Gasteiger partial charge in [-0.1, -0.05) is 121 Å². The van der Waals surface area contributed by atoms with E-state index in [2.05, 4.69) is 134 Å². The first-order valence-corrected chi connectivity index (χ1v) is 13.3. The molecule has 0 N–H and O–H groups in total. The second-order valence-electron chi connectivity index (χ2n) is 7.98. The SMILES string of the molecule is C[Si]C.[Br-].[Br-].[Zr+4].c1ccc(-c2cc3ccccc3[cH-]2)cc1.c1ccc(-c2cc3ccccc3[cH-]2)cc1. The first kappa shape index (κ1) is 32.2. The zero-order valence-electron chi connectivity index (χ0n) is 20.5. The molecule has 0 bridgehead atoms. The minimum Gasteiger partial charge on any atom is -1.00 e. The summed E-state index contributed by atoms with van der Waals surface area (Å²) in [5, 5.41) is 5.26. The van der Waals surface area contributed by atoms with E-state index in [1.807, 2.05) is 12.1 Å². The van der Waals surface area contributed by atoms with E-state index in [1.165, 1.54) is 43.8 Å². The molecule has 0 atom stereocenters. The molecule has 0 saturated heterocycles. The van der Waals surface area contributed by atoms with Crippen LogP contribution in [0.15, 0.2) is 133 Å². The van der Waals surface area contributed by atoms with Gasteiger partial charge in [-0.15, -0.1) is 69.1 Å². The molecule has 0 heterocycles. The largest absolute Gasteiger partial charge is 4.00 e. The summed E-state index contributed by atoms with van der Waals surface area (Å²) in [6, 6.07) is 46.9. The topological polar surface area (TPSA) is 0 Å². The van der Waals surface area contributed by atoms with Gasteiger partial charge in [0.05, 0.1) is 0 Å². The number of hydrogen-bond donors (Lipinski definition) is 0. The summed E-state index contributed by atoms with van der Waals surface area (Å²) in [6.45, 7) is 4.31. The maximum absolute atomic E-state index is 2.24. The van der Waals surface area contributed by atoms with E-state index in [0.717, 1.165) is 9.52 Å². The van der Waals surface area contributed by atoms with Crippen LogP contribution in [0, 0.1) is 0 Å². The summed E-state index contributed by atoms with van der Waals surface area (Å²) < 4.78 is 0. The molecule has 4 heteroatoms. The molecule has 0 unspecified atom stereocenters. The number of fused-ring (bicyclic) bond motifs is 2. The summed E-state index contributed by atoms with van der Waals surface area (Å²) >= 11 is 0. The Kier molecular flexibility index (Phi) is 15.0. The van der Waals surface area contributed by atoms with Crippen molar-refractivity contribution >= 4 is 31.1 Å². The second kappa shape index (κ2) is 16.8. The monoisotopic (exact) mass is 688 g/mol. The van der Waals surface area contributed by atoms with Gasteiger partial charge >= 0.3 is 26.2 Å². The molecule has 0 aromatic heterocycles. The van der Waals surface area contributed by atoms with Crippen molar-refractivity contribution in [3.8, 4) is 22.3 Å². The molecule has 0 fully saturated rings. The third-order valence-electron chi connectivity index (χ3n) is 5.45. The number of hydrogen-bond acceptors (Lipinski definition) is 0. The Labute approximate surface area is 258 Å². The Morgan fingerprint density at radius 2 is 0.778 bits per heavy atom. The van der Waals surface area contributed by atoms with Crippen LogP contribution in [0.25, 0.3) is 43.8 Å². The Morgan fingerprint density at radius 1 is 0.472 bits per heavy atom. The van der Waals surface area contributed by atoms with Crippen molar-refractivity contribution in [2.45, 2.75) is 13.1 Å². The number of halogens is 2. The van der Waals surface area contributed by atoms with Crippen LogP contribution in [-0.4, -0.2) is 9.52 Å². The van der Waals surface area contributed by atoms with E-state index < -0.39 is 0 Å². The fourth-order valence-corrected chi connectivity index (χ4v) is 3.90. The van der Waals surface area contributed by atoms with Crippen molar-refractivity contribution in [2.24, 2.45) is 0 Å². The Hall–Kier alpha value is -1.84. The van der Waals surface area contributed by atoms with Gasteiger partial charge in [0.25, 0.3) is 0 Å². The maximum Gasteiger partial charge on any atom is 4.00 e. The van der Waals surface area contributed by atoms with Crippen LogP contribution in [0.3, 0.4) is 0 Å².